The zero-order valence-corrected chi connectivity index (χ0v) is 28.0. The van der Waals surface area contributed by atoms with E-state index in [-0.39, 0.29) is 44.2 Å². The Morgan fingerprint density at radius 2 is 1.10 bits per heavy atom. The van der Waals surface area contributed by atoms with Gasteiger partial charge in [0.05, 0.1) is 0 Å². The first kappa shape index (κ1) is 34.6. The smallest absolute Gasteiger partial charge is 0.407 e. The van der Waals surface area contributed by atoms with Crippen molar-refractivity contribution in [2.75, 3.05) is 13.2 Å². The number of carbonyl (C=O) groups is 4. The molecule has 3 amide bonds. The van der Waals surface area contributed by atoms with Crippen LogP contribution in [0, 0.1) is 0 Å². The fourth-order valence-corrected chi connectivity index (χ4v) is 6.78. The highest BCUT2D eigenvalue weighted by molar-refractivity contribution is 5.85. The van der Waals surface area contributed by atoms with Gasteiger partial charge in [0.15, 0.2) is 0 Å². The highest BCUT2D eigenvalue weighted by Gasteiger charge is 2.38. The lowest BCUT2D eigenvalue weighted by atomic mass is 9.77. The molecule has 1 aliphatic carbocycles. The fraction of sp³-hybridized carbons (Fsp3) is 0.190. The van der Waals surface area contributed by atoms with E-state index in [0.29, 0.717) is 0 Å². The molecule has 258 valence electrons. The lowest BCUT2D eigenvalue weighted by Crippen LogP contribution is -2.48. The predicted octanol–water partition coefficient (Wildman–Crippen LogP) is 6.37. The van der Waals surface area contributed by atoms with Gasteiger partial charge in [0.2, 0.25) is 11.8 Å². The third-order valence-electron chi connectivity index (χ3n) is 9.21. The van der Waals surface area contributed by atoms with E-state index < -0.39 is 29.6 Å². The standard InChI is InChI=1S/C42H39N3O6/c46-38(26-27-43-41(50)51-28-36-34-22-12-10-20-32(34)33-21-11-13-23-35(33)36)44-37(40(48)49)24-25-39(47)45-42(29-14-4-1-5-15-29,30-16-6-2-7-17-30)31-18-8-3-9-19-31/h1-23,36-37H,24-28H2,(H,43,50)(H,44,46)(H,45,47)(H,48,49). The maximum absolute atomic E-state index is 13.7. The van der Waals surface area contributed by atoms with E-state index in [4.69, 9.17) is 4.74 Å². The Kier molecular flexibility index (Phi) is 10.9. The Balaban J connectivity index is 1.03. The second-order valence-electron chi connectivity index (χ2n) is 12.4. The van der Waals surface area contributed by atoms with Crippen LogP contribution in [0.15, 0.2) is 140 Å². The molecule has 0 radical (unpaired) electrons. The van der Waals surface area contributed by atoms with E-state index >= 15 is 0 Å². The van der Waals surface area contributed by atoms with Crippen LogP contribution in [0.3, 0.4) is 0 Å². The van der Waals surface area contributed by atoms with Gasteiger partial charge in [-0.3, -0.25) is 9.59 Å². The van der Waals surface area contributed by atoms with Crippen molar-refractivity contribution in [1.29, 1.82) is 0 Å². The Bertz CT molecular complexity index is 1840. The average molecular weight is 682 g/mol. The maximum atomic E-state index is 13.7. The number of hydrogen-bond donors (Lipinski definition) is 4. The zero-order chi connectivity index (χ0) is 35.6. The van der Waals surface area contributed by atoms with Gasteiger partial charge in [0, 0.05) is 25.3 Å². The third kappa shape index (κ3) is 7.83. The number of benzene rings is 5. The molecule has 1 unspecified atom stereocenters. The minimum atomic E-state index is -1.31. The summed E-state index contributed by atoms with van der Waals surface area (Å²) in [5, 5.41) is 18.2. The summed E-state index contributed by atoms with van der Waals surface area (Å²) >= 11 is 0. The number of carboxylic acid groups (broad SMARTS) is 1. The van der Waals surface area contributed by atoms with Crippen molar-refractivity contribution in [2.45, 2.75) is 36.8 Å². The van der Waals surface area contributed by atoms with Crippen molar-refractivity contribution in [3.8, 4) is 11.1 Å². The summed E-state index contributed by atoms with van der Waals surface area (Å²) < 4.78 is 5.52. The zero-order valence-electron chi connectivity index (χ0n) is 28.0. The van der Waals surface area contributed by atoms with Gasteiger partial charge in [0.1, 0.15) is 18.2 Å². The van der Waals surface area contributed by atoms with E-state index in [0.717, 1.165) is 38.9 Å². The van der Waals surface area contributed by atoms with E-state index in [1.54, 1.807) is 0 Å². The highest BCUT2D eigenvalue weighted by Crippen LogP contribution is 2.44. The average Bonchev–Trinajstić information content (AvgIpc) is 3.49. The van der Waals surface area contributed by atoms with Gasteiger partial charge in [-0.15, -0.1) is 0 Å². The Morgan fingerprint density at radius 3 is 1.59 bits per heavy atom. The summed E-state index contributed by atoms with van der Waals surface area (Å²) in [7, 11) is 0. The SMILES string of the molecule is O=C(CCNC(=O)OCC1c2ccccc2-c2ccccc21)NC(CCC(=O)NC(c1ccccc1)(c1ccccc1)c1ccccc1)C(=O)O. The molecule has 0 bridgehead atoms. The van der Waals surface area contributed by atoms with Crippen molar-refractivity contribution in [3.63, 3.8) is 0 Å². The molecule has 1 atom stereocenters. The number of fused-ring (bicyclic) bond motifs is 3. The number of carboxylic acids is 1. The molecule has 9 nitrogen and oxygen atoms in total. The molecule has 6 rings (SSSR count). The summed E-state index contributed by atoms with van der Waals surface area (Å²) in [6.45, 7) is 0.0817. The van der Waals surface area contributed by atoms with E-state index in [2.05, 4.69) is 28.1 Å². The van der Waals surface area contributed by atoms with Gasteiger partial charge in [-0.2, -0.15) is 0 Å². The first-order chi connectivity index (χ1) is 24.9. The van der Waals surface area contributed by atoms with Crippen LogP contribution in [0.25, 0.3) is 11.1 Å². The summed E-state index contributed by atoms with van der Waals surface area (Å²) in [5.74, 6) is -2.32. The number of rotatable bonds is 14. The summed E-state index contributed by atoms with van der Waals surface area (Å²) in [5.41, 5.74) is 5.87. The summed E-state index contributed by atoms with van der Waals surface area (Å²) in [4.78, 5) is 51.1. The number of ether oxygens (including phenoxy) is 1. The monoisotopic (exact) mass is 681 g/mol. The highest BCUT2D eigenvalue weighted by atomic mass is 16.5. The molecule has 0 saturated heterocycles. The predicted molar refractivity (Wildman–Crippen MR) is 194 cm³/mol. The number of aliphatic carboxylic acids is 1. The van der Waals surface area contributed by atoms with Gasteiger partial charge in [-0.25, -0.2) is 9.59 Å². The Labute approximate surface area is 296 Å². The number of nitrogens with one attached hydrogen (secondary N) is 3. The minimum absolute atomic E-state index is 0.0525. The van der Waals surface area contributed by atoms with E-state index in [9.17, 15) is 24.3 Å². The van der Waals surface area contributed by atoms with Crippen molar-refractivity contribution >= 4 is 23.9 Å². The lowest BCUT2D eigenvalue weighted by molar-refractivity contribution is -0.142. The van der Waals surface area contributed by atoms with Crippen molar-refractivity contribution in [2.24, 2.45) is 0 Å². The van der Waals surface area contributed by atoms with Crippen LogP contribution in [0.5, 0.6) is 0 Å². The van der Waals surface area contributed by atoms with Crippen LogP contribution < -0.4 is 16.0 Å². The molecule has 51 heavy (non-hydrogen) atoms. The first-order valence-electron chi connectivity index (χ1n) is 17.0. The van der Waals surface area contributed by atoms with Crippen molar-refractivity contribution in [1.82, 2.24) is 16.0 Å². The second-order valence-corrected chi connectivity index (χ2v) is 12.4. The summed E-state index contributed by atoms with van der Waals surface area (Å²) in [6, 6.07) is 43.5. The molecule has 0 aromatic heterocycles. The normalized spacial score (nSPS) is 12.5. The molecular formula is C42H39N3O6. The molecule has 9 heteroatoms. The molecule has 0 fully saturated rings. The van der Waals surface area contributed by atoms with Crippen molar-refractivity contribution in [3.05, 3.63) is 167 Å². The van der Waals surface area contributed by atoms with Gasteiger partial charge in [0.25, 0.3) is 0 Å². The van der Waals surface area contributed by atoms with Gasteiger partial charge in [-0.1, -0.05) is 140 Å². The van der Waals surface area contributed by atoms with Gasteiger partial charge < -0.3 is 25.8 Å². The first-order valence-corrected chi connectivity index (χ1v) is 17.0. The molecule has 5 aromatic rings. The Morgan fingerprint density at radius 1 is 0.627 bits per heavy atom. The van der Waals surface area contributed by atoms with Gasteiger partial charge in [-0.05, 0) is 45.4 Å². The molecule has 5 aromatic carbocycles. The number of carbonyl (C=O) groups excluding carboxylic acids is 3. The summed E-state index contributed by atoms with van der Waals surface area (Å²) in [6.07, 6.45) is -1.14. The van der Waals surface area contributed by atoms with E-state index in [1.807, 2.05) is 127 Å². The number of hydrogen-bond acceptors (Lipinski definition) is 5. The third-order valence-corrected chi connectivity index (χ3v) is 9.21. The largest absolute Gasteiger partial charge is 0.480 e. The van der Waals surface area contributed by atoms with Crippen LogP contribution >= 0.6 is 0 Å². The molecular weight excluding hydrogens is 642 g/mol. The molecule has 1 aliphatic rings. The molecule has 0 heterocycles. The Hall–Kier alpha value is -6.22. The second kappa shape index (κ2) is 16.0. The molecule has 0 spiro atoms. The van der Waals surface area contributed by atoms with Crippen LogP contribution in [0.2, 0.25) is 0 Å². The molecule has 0 aliphatic heterocycles. The van der Waals surface area contributed by atoms with E-state index in [1.165, 1.54) is 0 Å². The molecule has 4 N–H and O–H groups in total. The fourth-order valence-electron chi connectivity index (χ4n) is 6.78. The van der Waals surface area contributed by atoms with Crippen molar-refractivity contribution < 1.29 is 29.0 Å². The van der Waals surface area contributed by atoms with Gasteiger partial charge >= 0.3 is 12.1 Å². The van der Waals surface area contributed by atoms with Crippen LogP contribution in [-0.4, -0.2) is 48.2 Å². The minimum Gasteiger partial charge on any atom is -0.480 e. The number of alkyl carbamates (subject to hydrolysis) is 1. The van der Waals surface area contributed by atoms with Crippen LogP contribution in [0.1, 0.15) is 53.0 Å². The quantitative estimate of drug-likeness (QED) is 0.101. The molecule has 0 saturated carbocycles. The van der Waals surface area contributed by atoms with Crippen LogP contribution in [0.4, 0.5) is 4.79 Å². The lowest BCUT2D eigenvalue weighted by Gasteiger charge is -2.37. The number of amides is 3. The maximum Gasteiger partial charge on any atom is 0.407 e. The topological polar surface area (TPSA) is 134 Å². The van der Waals surface area contributed by atoms with Crippen LogP contribution in [-0.2, 0) is 24.7 Å².